The predicted molar refractivity (Wildman–Crippen MR) is 79.6 cm³/mol. The van der Waals surface area contributed by atoms with Crippen LogP contribution >= 0.6 is 0 Å². The van der Waals surface area contributed by atoms with Crippen molar-refractivity contribution in [1.29, 1.82) is 0 Å². The summed E-state index contributed by atoms with van der Waals surface area (Å²) in [4.78, 5) is 23.6. The topological polar surface area (TPSA) is 84.9 Å². The van der Waals surface area contributed by atoms with E-state index in [0.717, 1.165) is 6.42 Å². The Hall–Kier alpha value is -2.15. The molecular weight excluding hydrogens is 305 g/mol. The normalized spacial score (nSPS) is 20.3. The number of rotatable bonds is 6. The van der Waals surface area contributed by atoms with Gasteiger partial charge < -0.3 is 19.9 Å². The van der Waals surface area contributed by atoms with E-state index in [1.165, 1.54) is 31.2 Å². The van der Waals surface area contributed by atoms with Crippen LogP contribution < -0.4 is 10.1 Å². The maximum atomic E-state index is 12.8. The van der Waals surface area contributed by atoms with Crippen LogP contribution in [0.1, 0.15) is 19.8 Å². The van der Waals surface area contributed by atoms with Gasteiger partial charge in [0.05, 0.1) is 6.61 Å². The molecule has 1 aliphatic rings. The first-order valence-corrected chi connectivity index (χ1v) is 7.50. The third-order valence-corrected chi connectivity index (χ3v) is 3.73. The summed E-state index contributed by atoms with van der Waals surface area (Å²) in [7, 11) is 0. The van der Waals surface area contributed by atoms with Crippen LogP contribution in [0.25, 0.3) is 0 Å². The molecule has 1 amide bonds. The van der Waals surface area contributed by atoms with E-state index >= 15 is 0 Å². The van der Waals surface area contributed by atoms with Gasteiger partial charge in [0, 0.05) is 12.5 Å². The van der Waals surface area contributed by atoms with Crippen LogP contribution in [0.5, 0.6) is 5.75 Å². The zero-order chi connectivity index (χ0) is 16.8. The number of hydrogen-bond acceptors (Lipinski definition) is 4. The second-order valence-electron chi connectivity index (χ2n) is 5.52. The van der Waals surface area contributed by atoms with Crippen molar-refractivity contribution in [3.05, 3.63) is 30.1 Å². The summed E-state index contributed by atoms with van der Waals surface area (Å²) in [6.45, 7) is 2.43. The molecule has 6 nitrogen and oxygen atoms in total. The van der Waals surface area contributed by atoms with Gasteiger partial charge in [-0.2, -0.15) is 0 Å². The van der Waals surface area contributed by atoms with Crippen molar-refractivity contribution < 1.29 is 28.6 Å². The second-order valence-corrected chi connectivity index (χ2v) is 5.52. The smallest absolute Gasteiger partial charge is 0.326 e. The van der Waals surface area contributed by atoms with Crippen molar-refractivity contribution in [3.8, 4) is 5.75 Å². The number of carboxylic acid groups (broad SMARTS) is 1. The van der Waals surface area contributed by atoms with Gasteiger partial charge in [-0.05, 0) is 44.0 Å². The molecule has 0 radical (unpaired) electrons. The molecular formula is C16H20FNO5. The summed E-state index contributed by atoms with van der Waals surface area (Å²) in [6, 6.07) is 4.24. The van der Waals surface area contributed by atoms with Gasteiger partial charge >= 0.3 is 5.97 Å². The maximum absolute atomic E-state index is 12.8. The molecule has 0 aromatic heterocycles. The number of carbonyl (C=O) groups is 2. The van der Waals surface area contributed by atoms with Crippen molar-refractivity contribution in [1.82, 2.24) is 5.32 Å². The molecule has 2 rings (SSSR count). The summed E-state index contributed by atoms with van der Waals surface area (Å²) >= 11 is 0. The fourth-order valence-corrected chi connectivity index (χ4v) is 2.45. The molecule has 1 heterocycles. The molecule has 1 aromatic rings. The molecule has 0 bridgehead atoms. The van der Waals surface area contributed by atoms with Crippen molar-refractivity contribution >= 4 is 11.9 Å². The van der Waals surface area contributed by atoms with E-state index in [4.69, 9.17) is 9.47 Å². The van der Waals surface area contributed by atoms with Gasteiger partial charge in [0.25, 0.3) is 5.91 Å². The van der Waals surface area contributed by atoms with Crippen LogP contribution in [0.15, 0.2) is 24.3 Å². The van der Waals surface area contributed by atoms with Gasteiger partial charge in [0.2, 0.25) is 0 Å². The Morgan fingerprint density at radius 1 is 1.39 bits per heavy atom. The van der Waals surface area contributed by atoms with E-state index in [-0.39, 0.29) is 5.92 Å². The van der Waals surface area contributed by atoms with E-state index < -0.39 is 29.8 Å². The average Bonchev–Trinajstić information content (AvgIpc) is 2.55. The summed E-state index contributed by atoms with van der Waals surface area (Å²) in [5, 5.41) is 11.8. The Bertz CT molecular complexity index is 542. The monoisotopic (exact) mass is 325 g/mol. The lowest BCUT2D eigenvalue weighted by Crippen LogP contribution is -2.51. The minimum Gasteiger partial charge on any atom is -0.481 e. The van der Waals surface area contributed by atoms with E-state index in [1.807, 2.05) is 0 Å². The van der Waals surface area contributed by atoms with Crippen LogP contribution in [0.2, 0.25) is 0 Å². The quantitative estimate of drug-likeness (QED) is 0.830. The molecule has 1 saturated heterocycles. The van der Waals surface area contributed by atoms with Crippen LogP contribution in [-0.4, -0.2) is 42.3 Å². The lowest BCUT2D eigenvalue weighted by molar-refractivity contribution is -0.146. The lowest BCUT2D eigenvalue weighted by Gasteiger charge is -2.28. The van der Waals surface area contributed by atoms with Crippen LogP contribution in [0.4, 0.5) is 4.39 Å². The van der Waals surface area contributed by atoms with Crippen LogP contribution in [-0.2, 0) is 14.3 Å². The SMILES string of the molecule is CC(Oc1ccc(F)cc1)C(=O)NC(C(=O)O)C1CCCOC1. The van der Waals surface area contributed by atoms with Gasteiger partial charge in [0.15, 0.2) is 6.10 Å². The average molecular weight is 325 g/mol. The highest BCUT2D eigenvalue weighted by Crippen LogP contribution is 2.18. The third-order valence-electron chi connectivity index (χ3n) is 3.73. The minimum absolute atomic E-state index is 0.261. The Balaban J connectivity index is 1.94. The van der Waals surface area contributed by atoms with Crippen molar-refractivity contribution in [2.45, 2.75) is 31.9 Å². The molecule has 1 aliphatic heterocycles. The molecule has 3 unspecified atom stereocenters. The molecule has 7 heteroatoms. The Morgan fingerprint density at radius 3 is 2.65 bits per heavy atom. The molecule has 1 aromatic carbocycles. The first-order valence-electron chi connectivity index (χ1n) is 7.50. The highest BCUT2D eigenvalue weighted by molar-refractivity contribution is 5.86. The summed E-state index contributed by atoms with van der Waals surface area (Å²) in [6.07, 6.45) is 0.558. The standard InChI is InChI=1S/C16H20FNO5/c1-10(23-13-6-4-12(17)5-7-13)15(19)18-14(16(20)21)11-3-2-8-22-9-11/h4-7,10-11,14H,2-3,8-9H2,1H3,(H,18,19)(H,20,21). The molecule has 126 valence electrons. The predicted octanol–water partition coefficient (Wildman–Crippen LogP) is 1.59. The number of hydrogen-bond donors (Lipinski definition) is 2. The van der Waals surface area contributed by atoms with E-state index in [1.54, 1.807) is 0 Å². The van der Waals surface area contributed by atoms with Gasteiger partial charge in [-0.1, -0.05) is 0 Å². The number of halogens is 1. The zero-order valence-electron chi connectivity index (χ0n) is 12.8. The first-order chi connectivity index (χ1) is 11.0. The highest BCUT2D eigenvalue weighted by Gasteiger charge is 2.32. The largest absolute Gasteiger partial charge is 0.481 e. The zero-order valence-corrected chi connectivity index (χ0v) is 12.8. The molecule has 1 fully saturated rings. The summed E-state index contributed by atoms with van der Waals surface area (Å²) < 4.78 is 23.5. The Labute approximate surface area is 133 Å². The highest BCUT2D eigenvalue weighted by atomic mass is 19.1. The fourth-order valence-electron chi connectivity index (χ4n) is 2.45. The minimum atomic E-state index is -1.09. The maximum Gasteiger partial charge on any atom is 0.326 e. The number of aliphatic carboxylic acids is 1. The molecule has 0 aliphatic carbocycles. The number of nitrogens with one attached hydrogen (secondary N) is 1. The molecule has 23 heavy (non-hydrogen) atoms. The van der Waals surface area contributed by atoms with Gasteiger partial charge in [-0.25, -0.2) is 9.18 Å². The van der Waals surface area contributed by atoms with Gasteiger partial charge in [0.1, 0.15) is 17.6 Å². The number of benzene rings is 1. The van der Waals surface area contributed by atoms with E-state index in [9.17, 15) is 19.1 Å². The van der Waals surface area contributed by atoms with Crippen molar-refractivity contribution in [2.24, 2.45) is 5.92 Å². The summed E-state index contributed by atoms with van der Waals surface area (Å²) in [5.74, 6) is -1.96. The number of amides is 1. The number of ether oxygens (including phenoxy) is 2. The van der Waals surface area contributed by atoms with Gasteiger partial charge in [-0.3, -0.25) is 4.79 Å². The molecule has 0 saturated carbocycles. The molecule has 0 spiro atoms. The summed E-state index contributed by atoms with van der Waals surface area (Å²) in [5.41, 5.74) is 0. The number of carboxylic acids is 1. The molecule has 3 atom stereocenters. The fraction of sp³-hybridized carbons (Fsp3) is 0.500. The number of carbonyl (C=O) groups excluding carboxylic acids is 1. The third kappa shape index (κ3) is 4.92. The second kappa shape index (κ2) is 7.92. The molecule has 2 N–H and O–H groups in total. The Kier molecular flexibility index (Phi) is 5.92. The van der Waals surface area contributed by atoms with E-state index in [2.05, 4.69) is 5.32 Å². The Morgan fingerprint density at radius 2 is 2.09 bits per heavy atom. The van der Waals surface area contributed by atoms with Crippen LogP contribution in [0, 0.1) is 11.7 Å². The van der Waals surface area contributed by atoms with Crippen LogP contribution in [0.3, 0.4) is 0 Å². The van der Waals surface area contributed by atoms with E-state index in [0.29, 0.717) is 25.4 Å². The van der Waals surface area contributed by atoms with Crippen molar-refractivity contribution in [2.75, 3.05) is 13.2 Å². The first kappa shape index (κ1) is 17.2. The van der Waals surface area contributed by atoms with Crippen molar-refractivity contribution in [3.63, 3.8) is 0 Å². The van der Waals surface area contributed by atoms with Gasteiger partial charge in [-0.15, -0.1) is 0 Å². The lowest BCUT2D eigenvalue weighted by atomic mass is 9.93.